The third-order valence-corrected chi connectivity index (χ3v) is 3.13. The summed E-state index contributed by atoms with van der Waals surface area (Å²) >= 11 is 6.31. The van der Waals surface area contributed by atoms with Gasteiger partial charge in [0.15, 0.2) is 0 Å². The van der Waals surface area contributed by atoms with E-state index in [1.165, 1.54) is 12.4 Å². The lowest BCUT2D eigenvalue weighted by Crippen LogP contribution is -2.45. The summed E-state index contributed by atoms with van der Waals surface area (Å²) in [5.41, 5.74) is 0. The minimum absolute atomic E-state index is 0.190. The smallest absolute Gasteiger partial charge is 0.327 e. The number of carbonyl (C=O) groups is 1. The molecule has 0 saturated heterocycles. The van der Waals surface area contributed by atoms with Crippen molar-refractivity contribution in [3.8, 4) is 0 Å². The summed E-state index contributed by atoms with van der Waals surface area (Å²) < 4.78 is 1.73. The van der Waals surface area contributed by atoms with Crippen LogP contribution in [0.4, 0.5) is 5.82 Å². The molecule has 1 heterocycles. The van der Waals surface area contributed by atoms with Crippen LogP contribution in [0.2, 0.25) is 5.15 Å². The largest absolute Gasteiger partial charge is 0.480 e. The summed E-state index contributed by atoms with van der Waals surface area (Å²) in [5.74, 6) is -0.854. The number of hydrogen-bond acceptors (Lipinski definition) is 7. The molecule has 0 aromatic carbocycles. The maximum Gasteiger partial charge on any atom is 0.327 e. The number of anilines is 1. The predicted molar refractivity (Wildman–Crippen MR) is 69.6 cm³/mol. The molecule has 18 heavy (non-hydrogen) atoms. The Hall–Kier alpha value is -1.41. The number of carboxylic acid groups (broad SMARTS) is 1. The molecule has 1 aromatic heterocycles. The van der Waals surface area contributed by atoms with Gasteiger partial charge in [0.1, 0.15) is 23.3 Å². The highest BCUT2D eigenvalue weighted by Gasteiger charge is 2.37. The van der Waals surface area contributed by atoms with Gasteiger partial charge in [-0.25, -0.2) is 14.8 Å². The first-order chi connectivity index (χ1) is 8.36. The molecule has 0 spiro atoms. The molecule has 1 aromatic rings. The standard InChI is InChI=1S/C9H11ClN4O3S/c1-9(2,18-14-17)7(8(15)16)13-6-3-5(10)11-4-12-6/h3-4,7H,1-2H3,(H,15,16)(H,11,12,13)/t7-/m1/s1. The van der Waals surface area contributed by atoms with Crippen LogP contribution in [-0.2, 0) is 4.79 Å². The van der Waals surface area contributed by atoms with Gasteiger partial charge in [0, 0.05) is 22.6 Å². The highest BCUT2D eigenvalue weighted by molar-refractivity contribution is 7.99. The van der Waals surface area contributed by atoms with E-state index in [0.717, 1.165) is 0 Å². The first kappa shape index (κ1) is 14.7. The van der Waals surface area contributed by atoms with E-state index in [2.05, 4.69) is 19.9 Å². The van der Waals surface area contributed by atoms with Gasteiger partial charge in [-0.15, -0.1) is 4.91 Å². The van der Waals surface area contributed by atoms with Gasteiger partial charge < -0.3 is 10.4 Å². The fraction of sp³-hybridized carbons (Fsp3) is 0.444. The molecule has 7 nitrogen and oxygen atoms in total. The van der Waals surface area contributed by atoms with Crippen molar-refractivity contribution in [1.82, 2.24) is 9.97 Å². The van der Waals surface area contributed by atoms with Crippen LogP contribution in [-0.4, -0.2) is 31.8 Å². The second-order valence-electron chi connectivity index (χ2n) is 3.91. The molecule has 0 bridgehead atoms. The van der Waals surface area contributed by atoms with Gasteiger partial charge in [0.05, 0.1) is 4.75 Å². The normalized spacial score (nSPS) is 12.8. The van der Waals surface area contributed by atoms with Crippen molar-refractivity contribution in [2.24, 2.45) is 4.58 Å². The van der Waals surface area contributed by atoms with E-state index in [4.69, 9.17) is 11.6 Å². The number of aromatic nitrogens is 2. The highest BCUT2D eigenvalue weighted by Crippen LogP contribution is 2.30. The lowest BCUT2D eigenvalue weighted by Gasteiger charge is -2.28. The molecular weight excluding hydrogens is 280 g/mol. The van der Waals surface area contributed by atoms with Gasteiger partial charge in [-0.1, -0.05) is 11.6 Å². The number of nitroso groups, excluding NO2 is 1. The van der Waals surface area contributed by atoms with E-state index >= 15 is 0 Å². The van der Waals surface area contributed by atoms with Gasteiger partial charge in [-0.2, -0.15) is 0 Å². The van der Waals surface area contributed by atoms with Crippen LogP contribution in [0.5, 0.6) is 0 Å². The van der Waals surface area contributed by atoms with Gasteiger partial charge >= 0.3 is 5.97 Å². The molecular formula is C9H11ClN4O3S. The summed E-state index contributed by atoms with van der Waals surface area (Å²) in [6, 6.07) is 0.346. The third kappa shape index (κ3) is 3.81. The van der Waals surface area contributed by atoms with Crippen LogP contribution in [0.3, 0.4) is 0 Å². The zero-order chi connectivity index (χ0) is 13.8. The van der Waals surface area contributed by atoms with Crippen molar-refractivity contribution in [2.45, 2.75) is 24.6 Å². The van der Waals surface area contributed by atoms with Gasteiger partial charge in [0.25, 0.3) is 0 Å². The fourth-order valence-corrected chi connectivity index (χ4v) is 1.85. The second-order valence-corrected chi connectivity index (χ2v) is 5.68. The molecule has 0 amide bonds. The summed E-state index contributed by atoms with van der Waals surface area (Å²) in [6.07, 6.45) is 1.21. The quantitative estimate of drug-likeness (QED) is 0.470. The topological polar surface area (TPSA) is 105 Å². The van der Waals surface area contributed by atoms with E-state index in [1.807, 2.05) is 0 Å². The number of aliphatic carboxylic acids is 1. The molecule has 9 heteroatoms. The van der Waals surface area contributed by atoms with Crippen LogP contribution in [0.1, 0.15) is 13.8 Å². The lowest BCUT2D eigenvalue weighted by atomic mass is 10.0. The molecule has 0 aliphatic rings. The Bertz CT molecular complexity index is 457. The van der Waals surface area contributed by atoms with E-state index in [1.54, 1.807) is 13.8 Å². The van der Waals surface area contributed by atoms with Crippen molar-refractivity contribution in [1.29, 1.82) is 0 Å². The van der Waals surface area contributed by atoms with Gasteiger partial charge in [-0.3, -0.25) is 0 Å². The molecule has 0 aliphatic carbocycles. The number of nitrogens with zero attached hydrogens (tertiary/aromatic N) is 3. The predicted octanol–water partition coefficient (Wildman–Crippen LogP) is 2.19. The third-order valence-electron chi connectivity index (χ3n) is 2.14. The average molecular weight is 291 g/mol. The Kier molecular flexibility index (Phi) is 4.85. The molecule has 2 N–H and O–H groups in total. The molecule has 0 saturated carbocycles. The van der Waals surface area contributed by atoms with Crippen LogP contribution < -0.4 is 5.32 Å². The minimum Gasteiger partial charge on any atom is -0.480 e. The van der Waals surface area contributed by atoms with E-state index in [9.17, 15) is 14.8 Å². The van der Waals surface area contributed by atoms with Gasteiger partial charge in [-0.05, 0) is 13.8 Å². The van der Waals surface area contributed by atoms with Crippen LogP contribution in [0.15, 0.2) is 17.0 Å². The number of carboxylic acids is 1. The summed E-state index contributed by atoms with van der Waals surface area (Å²) in [6.45, 7) is 3.18. The van der Waals surface area contributed by atoms with E-state index in [0.29, 0.717) is 11.9 Å². The molecule has 0 fully saturated rings. The SMILES string of the molecule is CC(C)(SN=O)[C@H](Nc1cc(Cl)ncn1)C(=O)O. The summed E-state index contributed by atoms with van der Waals surface area (Å²) in [5, 5.41) is 12.1. The van der Waals surface area contributed by atoms with Crippen molar-refractivity contribution in [3.63, 3.8) is 0 Å². The molecule has 0 radical (unpaired) electrons. The Morgan fingerprint density at radius 1 is 1.61 bits per heavy atom. The van der Waals surface area contributed by atoms with Gasteiger partial charge in [0.2, 0.25) is 0 Å². The minimum atomic E-state index is -1.12. The molecule has 1 rings (SSSR count). The van der Waals surface area contributed by atoms with Crippen molar-refractivity contribution < 1.29 is 9.90 Å². The van der Waals surface area contributed by atoms with Crippen LogP contribution in [0, 0.1) is 4.91 Å². The van der Waals surface area contributed by atoms with Crippen molar-refractivity contribution >= 4 is 35.3 Å². The Morgan fingerprint density at radius 2 is 2.28 bits per heavy atom. The first-order valence-electron chi connectivity index (χ1n) is 4.84. The molecule has 1 atom stereocenters. The highest BCUT2D eigenvalue weighted by atomic mass is 35.5. The molecule has 98 valence electrons. The lowest BCUT2D eigenvalue weighted by molar-refractivity contribution is -0.138. The summed E-state index contributed by atoms with van der Waals surface area (Å²) in [7, 11) is 0. The molecule has 0 aliphatic heterocycles. The number of hydrogen-bond donors (Lipinski definition) is 2. The van der Waals surface area contributed by atoms with Crippen molar-refractivity contribution in [3.05, 3.63) is 22.5 Å². The maximum absolute atomic E-state index is 11.2. The van der Waals surface area contributed by atoms with E-state index < -0.39 is 16.8 Å². The number of rotatable bonds is 6. The summed E-state index contributed by atoms with van der Waals surface area (Å²) in [4.78, 5) is 29.0. The zero-order valence-corrected chi connectivity index (χ0v) is 11.2. The van der Waals surface area contributed by atoms with Crippen LogP contribution >= 0.6 is 23.5 Å². The first-order valence-corrected chi connectivity index (χ1v) is 5.99. The average Bonchev–Trinajstić information content (AvgIpc) is 2.25. The van der Waals surface area contributed by atoms with Crippen molar-refractivity contribution in [2.75, 3.05) is 5.32 Å². The monoisotopic (exact) mass is 290 g/mol. The van der Waals surface area contributed by atoms with E-state index in [-0.39, 0.29) is 11.0 Å². The Balaban J connectivity index is 2.94. The second kappa shape index (κ2) is 5.96. The van der Waals surface area contributed by atoms with Crippen LogP contribution in [0.25, 0.3) is 0 Å². The zero-order valence-electron chi connectivity index (χ0n) is 9.62. The number of halogens is 1. The number of nitrogens with one attached hydrogen (secondary N) is 1. The Morgan fingerprint density at radius 3 is 2.78 bits per heavy atom. The fourth-order valence-electron chi connectivity index (χ4n) is 1.24. The Labute approximate surface area is 112 Å². The molecule has 0 unspecified atom stereocenters. The maximum atomic E-state index is 11.2.